The van der Waals surface area contributed by atoms with Crippen LogP contribution < -0.4 is 4.90 Å². The lowest BCUT2D eigenvalue weighted by Gasteiger charge is -2.22. The predicted molar refractivity (Wildman–Crippen MR) is 86.6 cm³/mol. The largest absolute Gasteiger partial charge is 0.389 e. The van der Waals surface area contributed by atoms with Crippen LogP contribution in [0.2, 0.25) is 0 Å². The molecule has 3 aromatic rings. The third kappa shape index (κ3) is 2.58. The van der Waals surface area contributed by atoms with E-state index >= 15 is 0 Å². The highest BCUT2D eigenvalue weighted by Gasteiger charge is 2.27. The minimum atomic E-state index is -0.664. The zero-order chi connectivity index (χ0) is 16.5. The Morgan fingerprint density at radius 1 is 1.25 bits per heavy atom. The molecular weight excluding hydrogens is 310 g/mol. The third-order valence-electron chi connectivity index (χ3n) is 4.14. The van der Waals surface area contributed by atoms with Gasteiger partial charge >= 0.3 is 0 Å². The van der Waals surface area contributed by atoms with Gasteiger partial charge in [0.15, 0.2) is 11.5 Å². The number of hydrogen-bond donors (Lipinski definition) is 3. The number of rotatable bonds is 2. The standard InChI is InChI=1S/C15H17N7O2/c23-11-6-21(14-12-13(18-8-17-12)19-9-20-14)3-4-22(7-11)15(24)10-1-2-16-5-10/h1-2,5,8-9,11,16,23H,3-4,6-7H2,(H,17,18,19,20)/t11-/m0/s1. The monoisotopic (exact) mass is 327 g/mol. The number of β-amino-alcohol motifs (C(OH)–C–C–N with tert-alkyl or cyclic N) is 1. The second-order valence-electron chi connectivity index (χ2n) is 5.75. The van der Waals surface area contributed by atoms with Gasteiger partial charge in [-0.3, -0.25) is 4.79 Å². The Kier molecular flexibility index (Phi) is 3.62. The first-order valence-corrected chi connectivity index (χ1v) is 7.71. The molecule has 0 bridgehead atoms. The van der Waals surface area contributed by atoms with Gasteiger partial charge in [0, 0.05) is 38.6 Å². The maximum absolute atomic E-state index is 12.5. The van der Waals surface area contributed by atoms with Crippen LogP contribution in [0.25, 0.3) is 11.2 Å². The van der Waals surface area contributed by atoms with E-state index in [-0.39, 0.29) is 12.5 Å². The number of aromatic amines is 2. The minimum Gasteiger partial charge on any atom is -0.389 e. The molecule has 4 heterocycles. The van der Waals surface area contributed by atoms with E-state index in [0.717, 1.165) is 5.52 Å². The van der Waals surface area contributed by atoms with Gasteiger partial charge in [-0.25, -0.2) is 15.0 Å². The molecule has 9 heteroatoms. The molecule has 0 aliphatic carbocycles. The topological polar surface area (TPSA) is 114 Å². The molecule has 0 saturated carbocycles. The van der Waals surface area contributed by atoms with Crippen molar-refractivity contribution in [2.24, 2.45) is 0 Å². The molecule has 1 fully saturated rings. The van der Waals surface area contributed by atoms with E-state index in [2.05, 4.69) is 24.9 Å². The van der Waals surface area contributed by atoms with Gasteiger partial charge in [0.05, 0.1) is 18.0 Å². The summed E-state index contributed by atoms with van der Waals surface area (Å²) in [6.45, 7) is 1.75. The highest BCUT2D eigenvalue weighted by molar-refractivity contribution is 5.94. The van der Waals surface area contributed by atoms with E-state index < -0.39 is 6.10 Å². The van der Waals surface area contributed by atoms with Crippen molar-refractivity contribution in [2.75, 3.05) is 31.1 Å². The van der Waals surface area contributed by atoms with Gasteiger partial charge in [0.1, 0.15) is 11.8 Å². The Balaban J connectivity index is 1.58. The second kappa shape index (κ2) is 5.93. The van der Waals surface area contributed by atoms with E-state index in [0.29, 0.717) is 36.7 Å². The summed E-state index contributed by atoms with van der Waals surface area (Å²) < 4.78 is 0. The fraction of sp³-hybridized carbons (Fsp3) is 0.333. The number of carbonyl (C=O) groups excluding carboxylic acids is 1. The van der Waals surface area contributed by atoms with Crippen LogP contribution in [0.4, 0.5) is 5.82 Å². The SMILES string of the molecule is O=C(c1cc[nH]c1)N1CCN(c2ncnc3nc[nH]c23)C[C@H](O)C1. The molecule has 1 saturated heterocycles. The lowest BCUT2D eigenvalue weighted by atomic mass is 10.2. The lowest BCUT2D eigenvalue weighted by Crippen LogP contribution is -2.37. The Hall–Kier alpha value is -2.94. The number of aliphatic hydroxyl groups is 1. The maximum atomic E-state index is 12.5. The van der Waals surface area contributed by atoms with E-state index in [1.807, 2.05) is 4.90 Å². The second-order valence-corrected chi connectivity index (χ2v) is 5.75. The number of nitrogens with zero attached hydrogens (tertiary/aromatic N) is 5. The maximum Gasteiger partial charge on any atom is 0.255 e. The molecule has 3 N–H and O–H groups in total. The molecule has 0 spiro atoms. The Morgan fingerprint density at radius 2 is 2.17 bits per heavy atom. The van der Waals surface area contributed by atoms with Gasteiger partial charge in [-0.05, 0) is 6.07 Å². The predicted octanol–water partition coefficient (Wildman–Crippen LogP) is 0.00430. The molecule has 4 rings (SSSR count). The first-order valence-electron chi connectivity index (χ1n) is 7.71. The zero-order valence-corrected chi connectivity index (χ0v) is 12.9. The van der Waals surface area contributed by atoms with Gasteiger partial charge in [-0.2, -0.15) is 0 Å². The lowest BCUT2D eigenvalue weighted by molar-refractivity contribution is 0.0674. The van der Waals surface area contributed by atoms with Crippen molar-refractivity contribution in [2.45, 2.75) is 6.10 Å². The van der Waals surface area contributed by atoms with E-state index in [9.17, 15) is 9.90 Å². The molecule has 3 aromatic heterocycles. The molecule has 124 valence electrons. The molecule has 9 nitrogen and oxygen atoms in total. The summed E-state index contributed by atoms with van der Waals surface area (Å²) in [5.41, 5.74) is 1.91. The number of H-pyrrole nitrogens is 2. The number of aliphatic hydroxyl groups excluding tert-OH is 1. The van der Waals surface area contributed by atoms with Gasteiger partial charge in [-0.1, -0.05) is 0 Å². The van der Waals surface area contributed by atoms with Crippen molar-refractivity contribution in [1.29, 1.82) is 0 Å². The number of nitrogens with one attached hydrogen (secondary N) is 2. The molecule has 0 aromatic carbocycles. The minimum absolute atomic E-state index is 0.0912. The number of anilines is 1. The highest BCUT2D eigenvalue weighted by Crippen LogP contribution is 2.21. The molecule has 1 atom stereocenters. The van der Waals surface area contributed by atoms with Crippen molar-refractivity contribution < 1.29 is 9.90 Å². The van der Waals surface area contributed by atoms with Crippen molar-refractivity contribution in [3.05, 3.63) is 36.7 Å². The molecule has 0 radical (unpaired) electrons. The fourth-order valence-electron chi connectivity index (χ4n) is 3.00. The number of hydrogen-bond acceptors (Lipinski definition) is 6. The van der Waals surface area contributed by atoms with Crippen LogP contribution in [0, 0.1) is 0 Å². The molecule has 24 heavy (non-hydrogen) atoms. The first-order chi connectivity index (χ1) is 11.7. The number of amides is 1. The van der Waals surface area contributed by atoms with Crippen molar-refractivity contribution in [1.82, 2.24) is 29.8 Å². The van der Waals surface area contributed by atoms with Crippen LogP contribution in [0.1, 0.15) is 10.4 Å². The van der Waals surface area contributed by atoms with Gasteiger partial charge in [-0.15, -0.1) is 0 Å². The summed E-state index contributed by atoms with van der Waals surface area (Å²) in [5, 5.41) is 10.3. The normalized spacial score (nSPS) is 18.8. The summed E-state index contributed by atoms with van der Waals surface area (Å²) in [5.74, 6) is 0.596. The third-order valence-corrected chi connectivity index (χ3v) is 4.14. The van der Waals surface area contributed by atoms with Crippen LogP contribution in [-0.2, 0) is 0 Å². The summed E-state index contributed by atoms with van der Waals surface area (Å²) in [6, 6.07) is 1.73. The Bertz CT molecular complexity index is 845. The van der Waals surface area contributed by atoms with Crippen LogP contribution in [0.3, 0.4) is 0 Å². The van der Waals surface area contributed by atoms with E-state index in [1.165, 1.54) is 6.33 Å². The smallest absolute Gasteiger partial charge is 0.255 e. The highest BCUT2D eigenvalue weighted by atomic mass is 16.3. The number of aromatic nitrogens is 5. The van der Waals surface area contributed by atoms with Crippen molar-refractivity contribution in [3.63, 3.8) is 0 Å². The van der Waals surface area contributed by atoms with E-state index in [1.54, 1.807) is 29.7 Å². The van der Waals surface area contributed by atoms with Crippen LogP contribution in [0.15, 0.2) is 31.1 Å². The van der Waals surface area contributed by atoms with Crippen molar-refractivity contribution in [3.8, 4) is 0 Å². The molecule has 0 unspecified atom stereocenters. The quantitative estimate of drug-likeness (QED) is 0.611. The number of imidazole rings is 1. The molecule has 1 aliphatic heterocycles. The molecule has 1 amide bonds. The van der Waals surface area contributed by atoms with E-state index in [4.69, 9.17) is 0 Å². The fourth-order valence-corrected chi connectivity index (χ4v) is 3.00. The van der Waals surface area contributed by atoms with Crippen LogP contribution >= 0.6 is 0 Å². The van der Waals surface area contributed by atoms with Crippen LogP contribution in [-0.4, -0.2) is 73.1 Å². The average Bonchev–Trinajstić information content (AvgIpc) is 3.24. The first kappa shape index (κ1) is 14.6. The van der Waals surface area contributed by atoms with Gasteiger partial charge < -0.3 is 24.9 Å². The van der Waals surface area contributed by atoms with Crippen LogP contribution in [0.5, 0.6) is 0 Å². The summed E-state index contributed by atoms with van der Waals surface area (Å²) >= 11 is 0. The average molecular weight is 327 g/mol. The number of fused-ring (bicyclic) bond motifs is 1. The zero-order valence-electron chi connectivity index (χ0n) is 12.9. The molecule has 1 aliphatic rings. The number of carbonyl (C=O) groups is 1. The summed E-state index contributed by atoms with van der Waals surface area (Å²) in [4.78, 5) is 34.6. The summed E-state index contributed by atoms with van der Waals surface area (Å²) in [6.07, 6.45) is 5.74. The Morgan fingerprint density at radius 3 is 3.00 bits per heavy atom. The molecular formula is C15H17N7O2. The summed E-state index contributed by atoms with van der Waals surface area (Å²) in [7, 11) is 0. The van der Waals surface area contributed by atoms with Gasteiger partial charge in [0.2, 0.25) is 0 Å². The van der Waals surface area contributed by atoms with Crippen molar-refractivity contribution >= 4 is 22.9 Å². The van der Waals surface area contributed by atoms with Gasteiger partial charge in [0.25, 0.3) is 5.91 Å². The Labute approximate surface area is 137 Å².